The summed E-state index contributed by atoms with van der Waals surface area (Å²) in [5.41, 5.74) is 6.61. The largest absolute Gasteiger partial charge is 0.387 e. The number of carbonyl (C=O) groups excluding carboxylic acids is 2. The van der Waals surface area contributed by atoms with Crippen molar-refractivity contribution in [2.45, 2.75) is 18.9 Å². The lowest BCUT2D eigenvalue weighted by atomic mass is 10.0. The monoisotopic (exact) mass is 276 g/mol. The molecule has 1 heterocycles. The Morgan fingerprint density at radius 1 is 1.25 bits per heavy atom. The van der Waals surface area contributed by atoms with Crippen LogP contribution < -0.4 is 16.4 Å². The van der Waals surface area contributed by atoms with E-state index in [4.69, 9.17) is 5.73 Å². The molecular weight excluding hydrogens is 256 g/mol. The van der Waals surface area contributed by atoms with E-state index in [1.54, 1.807) is 7.05 Å². The molecule has 0 atom stereocenters. The highest BCUT2D eigenvalue weighted by atomic mass is 16.2. The number of nitrogens with zero attached hydrogens (tertiary/aromatic N) is 1. The summed E-state index contributed by atoms with van der Waals surface area (Å²) in [5.74, 6) is 0.0208. The fourth-order valence-corrected chi connectivity index (χ4v) is 2.49. The van der Waals surface area contributed by atoms with E-state index in [-0.39, 0.29) is 11.9 Å². The van der Waals surface area contributed by atoms with E-state index in [0.717, 1.165) is 18.5 Å². The molecular formula is C14H20N4O2. The summed E-state index contributed by atoms with van der Waals surface area (Å²) in [6.07, 6.45) is 1.47. The second-order valence-electron chi connectivity index (χ2n) is 4.87. The molecule has 1 aromatic carbocycles. The van der Waals surface area contributed by atoms with Crippen molar-refractivity contribution in [3.63, 3.8) is 0 Å². The lowest BCUT2D eigenvalue weighted by Gasteiger charge is -2.32. The van der Waals surface area contributed by atoms with Crippen molar-refractivity contribution in [2.24, 2.45) is 5.73 Å². The molecule has 108 valence electrons. The first-order valence-electron chi connectivity index (χ1n) is 6.74. The molecule has 1 aromatic rings. The van der Waals surface area contributed by atoms with Crippen LogP contribution in [0, 0.1) is 0 Å². The summed E-state index contributed by atoms with van der Waals surface area (Å²) in [6, 6.07) is 7.02. The zero-order valence-corrected chi connectivity index (χ0v) is 11.6. The number of urea groups is 1. The van der Waals surface area contributed by atoms with E-state index in [0.29, 0.717) is 18.7 Å². The van der Waals surface area contributed by atoms with Crippen LogP contribution in [0.25, 0.3) is 0 Å². The third-order valence-corrected chi connectivity index (χ3v) is 3.56. The molecule has 6 nitrogen and oxygen atoms in total. The van der Waals surface area contributed by atoms with Gasteiger partial charge in [0.1, 0.15) is 0 Å². The van der Waals surface area contributed by atoms with Crippen LogP contribution in [0.2, 0.25) is 0 Å². The van der Waals surface area contributed by atoms with Crippen molar-refractivity contribution in [1.82, 2.24) is 10.2 Å². The van der Waals surface area contributed by atoms with Crippen LogP contribution in [0.3, 0.4) is 0 Å². The van der Waals surface area contributed by atoms with E-state index in [2.05, 4.69) is 10.6 Å². The number of primary amides is 1. The smallest absolute Gasteiger partial charge is 0.312 e. The Morgan fingerprint density at radius 3 is 2.50 bits per heavy atom. The summed E-state index contributed by atoms with van der Waals surface area (Å²) in [4.78, 5) is 25.1. The Balaban J connectivity index is 2.00. The van der Waals surface area contributed by atoms with Crippen molar-refractivity contribution < 1.29 is 9.59 Å². The SMILES string of the molecule is CNc1ccccc1C(=O)N1CCC(NC(N)=O)CC1. The summed E-state index contributed by atoms with van der Waals surface area (Å²) >= 11 is 0. The number of para-hydroxylation sites is 1. The minimum atomic E-state index is -0.504. The fourth-order valence-electron chi connectivity index (χ4n) is 2.49. The molecule has 0 saturated carbocycles. The summed E-state index contributed by atoms with van der Waals surface area (Å²) in [7, 11) is 1.80. The van der Waals surface area contributed by atoms with Gasteiger partial charge >= 0.3 is 6.03 Å². The summed E-state index contributed by atoms with van der Waals surface area (Å²) in [6.45, 7) is 1.25. The molecule has 0 bridgehead atoms. The number of nitrogens with two attached hydrogens (primary N) is 1. The van der Waals surface area contributed by atoms with Gasteiger partial charge in [0, 0.05) is 31.9 Å². The number of amides is 3. The minimum Gasteiger partial charge on any atom is -0.387 e. The van der Waals surface area contributed by atoms with Gasteiger partial charge in [-0.1, -0.05) is 12.1 Å². The topological polar surface area (TPSA) is 87.5 Å². The van der Waals surface area contributed by atoms with Crippen LogP contribution in [0.5, 0.6) is 0 Å². The number of rotatable bonds is 3. The maximum absolute atomic E-state index is 12.5. The Morgan fingerprint density at radius 2 is 1.90 bits per heavy atom. The Labute approximate surface area is 118 Å². The van der Waals surface area contributed by atoms with Gasteiger partial charge in [-0.3, -0.25) is 4.79 Å². The second-order valence-corrected chi connectivity index (χ2v) is 4.87. The Kier molecular flexibility index (Phi) is 4.45. The van der Waals surface area contributed by atoms with Crippen LogP contribution >= 0.6 is 0 Å². The molecule has 0 unspecified atom stereocenters. The van der Waals surface area contributed by atoms with Crippen molar-refractivity contribution >= 4 is 17.6 Å². The zero-order chi connectivity index (χ0) is 14.5. The van der Waals surface area contributed by atoms with Crippen LogP contribution in [-0.4, -0.2) is 43.0 Å². The highest BCUT2D eigenvalue weighted by Crippen LogP contribution is 2.19. The molecule has 3 amide bonds. The predicted octanol–water partition coefficient (Wildman–Crippen LogP) is 1.00. The van der Waals surface area contributed by atoms with E-state index in [9.17, 15) is 9.59 Å². The molecule has 1 aliphatic heterocycles. The number of anilines is 1. The quantitative estimate of drug-likeness (QED) is 0.769. The van der Waals surface area contributed by atoms with Gasteiger partial charge in [-0.25, -0.2) is 4.79 Å². The van der Waals surface area contributed by atoms with Crippen molar-refractivity contribution in [2.75, 3.05) is 25.5 Å². The average molecular weight is 276 g/mol. The lowest BCUT2D eigenvalue weighted by Crippen LogP contribution is -2.48. The number of hydrogen-bond donors (Lipinski definition) is 3. The van der Waals surface area contributed by atoms with E-state index < -0.39 is 6.03 Å². The Hall–Kier alpha value is -2.24. The third kappa shape index (κ3) is 3.20. The van der Waals surface area contributed by atoms with Gasteiger partial charge in [-0.2, -0.15) is 0 Å². The van der Waals surface area contributed by atoms with Gasteiger partial charge in [0.05, 0.1) is 5.56 Å². The van der Waals surface area contributed by atoms with Gasteiger partial charge in [-0.05, 0) is 25.0 Å². The first kappa shape index (κ1) is 14.2. The van der Waals surface area contributed by atoms with Gasteiger partial charge < -0.3 is 21.3 Å². The maximum atomic E-state index is 12.5. The molecule has 20 heavy (non-hydrogen) atoms. The molecule has 0 aromatic heterocycles. The predicted molar refractivity (Wildman–Crippen MR) is 77.6 cm³/mol. The van der Waals surface area contributed by atoms with Gasteiger partial charge in [0.2, 0.25) is 0 Å². The number of nitrogens with one attached hydrogen (secondary N) is 2. The molecule has 0 aliphatic carbocycles. The maximum Gasteiger partial charge on any atom is 0.312 e. The van der Waals surface area contributed by atoms with Crippen LogP contribution in [-0.2, 0) is 0 Å². The normalized spacial score (nSPS) is 15.8. The van der Waals surface area contributed by atoms with E-state index in [1.165, 1.54) is 0 Å². The number of benzene rings is 1. The first-order chi connectivity index (χ1) is 9.61. The lowest BCUT2D eigenvalue weighted by molar-refractivity contribution is 0.0709. The van der Waals surface area contributed by atoms with E-state index >= 15 is 0 Å². The molecule has 0 spiro atoms. The minimum absolute atomic E-state index is 0.0208. The fraction of sp³-hybridized carbons (Fsp3) is 0.429. The molecule has 1 saturated heterocycles. The highest BCUT2D eigenvalue weighted by molar-refractivity contribution is 5.99. The molecule has 1 aliphatic rings. The van der Waals surface area contributed by atoms with Crippen LogP contribution in [0.15, 0.2) is 24.3 Å². The molecule has 4 N–H and O–H groups in total. The Bertz CT molecular complexity index is 496. The van der Waals surface area contributed by atoms with Gasteiger partial charge in [0.15, 0.2) is 0 Å². The highest BCUT2D eigenvalue weighted by Gasteiger charge is 2.25. The van der Waals surface area contributed by atoms with Crippen molar-refractivity contribution in [3.8, 4) is 0 Å². The number of piperidine rings is 1. The van der Waals surface area contributed by atoms with Crippen LogP contribution in [0.4, 0.5) is 10.5 Å². The third-order valence-electron chi connectivity index (χ3n) is 3.56. The van der Waals surface area contributed by atoms with Crippen LogP contribution in [0.1, 0.15) is 23.2 Å². The molecule has 1 fully saturated rings. The number of carbonyl (C=O) groups is 2. The zero-order valence-electron chi connectivity index (χ0n) is 11.6. The summed E-state index contributed by atoms with van der Waals surface area (Å²) < 4.78 is 0. The van der Waals surface area contributed by atoms with E-state index in [1.807, 2.05) is 29.2 Å². The summed E-state index contributed by atoms with van der Waals surface area (Å²) in [5, 5.41) is 5.72. The van der Waals surface area contributed by atoms with Crippen molar-refractivity contribution in [3.05, 3.63) is 29.8 Å². The standard InChI is InChI=1S/C14H20N4O2/c1-16-12-5-3-2-4-11(12)13(19)18-8-6-10(7-9-18)17-14(15)20/h2-5,10,16H,6-9H2,1H3,(H3,15,17,20). The van der Waals surface area contributed by atoms with Crippen molar-refractivity contribution in [1.29, 1.82) is 0 Å². The first-order valence-corrected chi connectivity index (χ1v) is 6.74. The molecule has 6 heteroatoms. The van der Waals surface area contributed by atoms with Gasteiger partial charge in [0.25, 0.3) is 5.91 Å². The molecule has 0 radical (unpaired) electrons. The number of likely N-dealkylation sites (tertiary alicyclic amines) is 1. The van der Waals surface area contributed by atoms with Gasteiger partial charge in [-0.15, -0.1) is 0 Å². The second kappa shape index (κ2) is 6.27. The average Bonchev–Trinajstić information content (AvgIpc) is 2.46. The molecule has 2 rings (SSSR count). The number of hydrogen-bond acceptors (Lipinski definition) is 3.